The minimum Gasteiger partial charge on any atom is -0.376 e. The standard InChI is InChI=1S/C26H27Cl2N3O/c1-3-21-24(19-12-11-17(27)14-20(19)28)30-23(15-9-10-15)26(29-21)31-25-18-8-6-5-7-16(18)13-22(25)32-4-2/h5-8,11-12,14-15,22,25H,3-4,9-10,13H2,1-2H3,(H,29,31)/t22-,25+/m0/s1. The van der Waals surface area contributed by atoms with E-state index in [0.29, 0.717) is 22.6 Å². The second-order valence-electron chi connectivity index (χ2n) is 8.52. The quantitative estimate of drug-likeness (QED) is 0.405. The van der Waals surface area contributed by atoms with E-state index in [1.54, 1.807) is 6.07 Å². The van der Waals surface area contributed by atoms with Gasteiger partial charge in [-0.05, 0) is 55.5 Å². The molecule has 0 saturated heterocycles. The van der Waals surface area contributed by atoms with E-state index in [4.69, 9.17) is 37.9 Å². The van der Waals surface area contributed by atoms with Crippen LogP contribution in [0.15, 0.2) is 42.5 Å². The molecule has 0 unspecified atom stereocenters. The van der Waals surface area contributed by atoms with Crippen molar-refractivity contribution in [1.82, 2.24) is 9.97 Å². The van der Waals surface area contributed by atoms with Crippen LogP contribution in [0.2, 0.25) is 10.0 Å². The van der Waals surface area contributed by atoms with Gasteiger partial charge in [0.2, 0.25) is 0 Å². The van der Waals surface area contributed by atoms with E-state index < -0.39 is 0 Å². The average Bonchev–Trinajstić information content (AvgIpc) is 3.57. The van der Waals surface area contributed by atoms with Crippen LogP contribution in [0.1, 0.15) is 61.2 Å². The first kappa shape index (κ1) is 21.7. The lowest BCUT2D eigenvalue weighted by Gasteiger charge is -2.24. The first-order chi connectivity index (χ1) is 15.6. The summed E-state index contributed by atoms with van der Waals surface area (Å²) in [7, 11) is 0. The molecule has 0 radical (unpaired) electrons. The van der Waals surface area contributed by atoms with Gasteiger partial charge in [0.1, 0.15) is 5.82 Å². The third-order valence-corrected chi connectivity index (χ3v) is 6.88. The predicted molar refractivity (Wildman–Crippen MR) is 131 cm³/mol. The molecule has 1 heterocycles. The Hall–Kier alpha value is -2.14. The van der Waals surface area contributed by atoms with Gasteiger partial charge in [0.15, 0.2) is 0 Å². The summed E-state index contributed by atoms with van der Waals surface area (Å²) in [5.74, 6) is 1.31. The van der Waals surface area contributed by atoms with E-state index in [0.717, 1.165) is 54.1 Å². The molecule has 5 rings (SSSR count). The molecule has 4 nitrogen and oxygen atoms in total. The zero-order chi connectivity index (χ0) is 22.2. The molecule has 2 aliphatic carbocycles. The van der Waals surface area contributed by atoms with E-state index in [1.807, 2.05) is 12.1 Å². The highest BCUT2D eigenvalue weighted by Crippen LogP contribution is 2.45. The summed E-state index contributed by atoms with van der Waals surface area (Å²) in [5, 5.41) is 4.97. The van der Waals surface area contributed by atoms with Gasteiger partial charge >= 0.3 is 0 Å². The van der Waals surface area contributed by atoms with Crippen molar-refractivity contribution < 1.29 is 4.74 Å². The van der Waals surface area contributed by atoms with Crippen molar-refractivity contribution in [3.63, 3.8) is 0 Å². The van der Waals surface area contributed by atoms with Crippen LogP contribution in [0.3, 0.4) is 0 Å². The molecule has 0 bridgehead atoms. The maximum atomic E-state index is 6.54. The maximum absolute atomic E-state index is 6.54. The van der Waals surface area contributed by atoms with Crippen LogP contribution < -0.4 is 5.32 Å². The third kappa shape index (κ3) is 4.12. The van der Waals surface area contributed by atoms with Crippen molar-refractivity contribution >= 4 is 29.0 Å². The van der Waals surface area contributed by atoms with Gasteiger partial charge in [0.25, 0.3) is 0 Å². The molecule has 1 aromatic heterocycles. The lowest BCUT2D eigenvalue weighted by molar-refractivity contribution is 0.0573. The monoisotopic (exact) mass is 467 g/mol. The number of hydrogen-bond acceptors (Lipinski definition) is 4. The molecule has 1 N–H and O–H groups in total. The van der Waals surface area contributed by atoms with Crippen LogP contribution in [-0.2, 0) is 17.6 Å². The number of aryl methyl sites for hydroxylation is 1. The minimum absolute atomic E-state index is 0.0626. The van der Waals surface area contributed by atoms with Crippen LogP contribution in [0.4, 0.5) is 5.82 Å². The first-order valence-electron chi connectivity index (χ1n) is 11.4. The number of rotatable bonds is 7. The number of fused-ring (bicyclic) bond motifs is 1. The number of hydrogen-bond donors (Lipinski definition) is 1. The summed E-state index contributed by atoms with van der Waals surface area (Å²) in [6, 6.07) is 14.2. The summed E-state index contributed by atoms with van der Waals surface area (Å²) in [6.45, 7) is 4.84. The Morgan fingerprint density at radius 1 is 1.06 bits per heavy atom. The Morgan fingerprint density at radius 3 is 2.59 bits per heavy atom. The van der Waals surface area contributed by atoms with Gasteiger partial charge in [0.05, 0.1) is 34.3 Å². The molecule has 166 valence electrons. The molecule has 0 aliphatic heterocycles. The van der Waals surface area contributed by atoms with Crippen molar-refractivity contribution in [3.8, 4) is 11.3 Å². The SMILES string of the molecule is CCO[C@H]1Cc2ccccc2[C@H]1Nc1nc(CC)c(-c2ccc(Cl)cc2Cl)nc1C1CC1. The van der Waals surface area contributed by atoms with E-state index in [1.165, 1.54) is 11.1 Å². The third-order valence-electron chi connectivity index (χ3n) is 6.34. The molecule has 32 heavy (non-hydrogen) atoms. The zero-order valence-electron chi connectivity index (χ0n) is 18.4. The second kappa shape index (κ2) is 9.01. The Balaban J connectivity index is 1.57. The first-order valence-corrected chi connectivity index (χ1v) is 12.2. The highest BCUT2D eigenvalue weighted by molar-refractivity contribution is 6.36. The topological polar surface area (TPSA) is 47.0 Å². The van der Waals surface area contributed by atoms with E-state index >= 15 is 0 Å². The van der Waals surface area contributed by atoms with E-state index in [2.05, 4.69) is 43.4 Å². The van der Waals surface area contributed by atoms with Crippen LogP contribution in [-0.4, -0.2) is 22.7 Å². The Morgan fingerprint density at radius 2 is 1.88 bits per heavy atom. The molecule has 6 heteroatoms. The fraction of sp³-hybridized carbons (Fsp3) is 0.385. The molecule has 2 atom stereocenters. The molecule has 2 aromatic carbocycles. The number of nitrogens with one attached hydrogen (secondary N) is 1. The molecular formula is C26H27Cl2N3O. The van der Waals surface area contributed by atoms with Crippen molar-refractivity contribution in [3.05, 3.63) is 75.0 Å². The summed E-state index contributed by atoms with van der Waals surface area (Å²) in [5.41, 5.74) is 6.33. The van der Waals surface area contributed by atoms with Crippen molar-refractivity contribution in [2.24, 2.45) is 0 Å². The summed E-state index contributed by atoms with van der Waals surface area (Å²) < 4.78 is 6.12. The van der Waals surface area contributed by atoms with Crippen LogP contribution in [0.5, 0.6) is 0 Å². The number of nitrogens with zero attached hydrogens (tertiary/aromatic N) is 2. The fourth-order valence-corrected chi connectivity index (χ4v) is 5.12. The van der Waals surface area contributed by atoms with Crippen molar-refractivity contribution in [2.75, 3.05) is 11.9 Å². The molecule has 0 spiro atoms. The summed E-state index contributed by atoms with van der Waals surface area (Å²) >= 11 is 12.7. The minimum atomic E-state index is 0.0626. The number of anilines is 1. The van der Waals surface area contributed by atoms with Crippen LogP contribution >= 0.6 is 23.2 Å². The molecule has 1 fully saturated rings. The molecular weight excluding hydrogens is 441 g/mol. The number of ether oxygens (including phenoxy) is 1. The van der Waals surface area contributed by atoms with Gasteiger partial charge in [-0.2, -0.15) is 0 Å². The Bertz CT molecular complexity index is 1150. The van der Waals surface area contributed by atoms with E-state index in [-0.39, 0.29) is 12.1 Å². The molecule has 2 aliphatic rings. The lowest BCUT2D eigenvalue weighted by Crippen LogP contribution is -2.26. The average molecular weight is 468 g/mol. The number of aromatic nitrogens is 2. The predicted octanol–water partition coefficient (Wildman–Crippen LogP) is 7.00. The maximum Gasteiger partial charge on any atom is 0.148 e. The molecule has 0 amide bonds. The van der Waals surface area contributed by atoms with Gasteiger partial charge in [-0.25, -0.2) is 9.97 Å². The number of benzene rings is 2. The van der Waals surface area contributed by atoms with Gasteiger partial charge in [-0.15, -0.1) is 0 Å². The normalized spacial score (nSPS) is 19.8. The largest absolute Gasteiger partial charge is 0.376 e. The van der Waals surface area contributed by atoms with Crippen molar-refractivity contribution in [2.45, 2.75) is 57.6 Å². The number of halogens is 2. The fourth-order valence-electron chi connectivity index (χ4n) is 4.62. The highest BCUT2D eigenvalue weighted by atomic mass is 35.5. The molecule has 1 saturated carbocycles. The van der Waals surface area contributed by atoms with Crippen molar-refractivity contribution in [1.29, 1.82) is 0 Å². The smallest absolute Gasteiger partial charge is 0.148 e. The van der Waals surface area contributed by atoms with Crippen LogP contribution in [0.25, 0.3) is 11.3 Å². The highest BCUT2D eigenvalue weighted by Gasteiger charge is 2.36. The summed E-state index contributed by atoms with van der Waals surface area (Å²) in [4.78, 5) is 10.2. The molecule has 3 aromatic rings. The zero-order valence-corrected chi connectivity index (χ0v) is 19.9. The lowest BCUT2D eigenvalue weighted by atomic mass is 10.1. The second-order valence-corrected chi connectivity index (χ2v) is 9.37. The Labute approximate surface area is 199 Å². The van der Waals surface area contributed by atoms with Gasteiger partial charge < -0.3 is 10.1 Å². The summed E-state index contributed by atoms with van der Waals surface area (Å²) in [6.07, 6.45) is 4.03. The van der Waals surface area contributed by atoms with E-state index in [9.17, 15) is 0 Å². The van der Waals surface area contributed by atoms with Gasteiger partial charge in [0, 0.05) is 29.5 Å². The Kier molecular flexibility index (Phi) is 6.11. The van der Waals surface area contributed by atoms with Gasteiger partial charge in [-0.3, -0.25) is 0 Å². The van der Waals surface area contributed by atoms with Crippen LogP contribution in [0, 0.1) is 0 Å². The van der Waals surface area contributed by atoms with Gasteiger partial charge in [-0.1, -0.05) is 54.4 Å².